The minimum Gasteiger partial charge on any atom is -0.391 e. The molecule has 1 aromatic heterocycles. The zero-order chi connectivity index (χ0) is 44.8. The van der Waals surface area contributed by atoms with Gasteiger partial charge in [0, 0.05) is 62.4 Å². The van der Waals surface area contributed by atoms with E-state index in [2.05, 4.69) is 36.6 Å². The Bertz CT molecular complexity index is 2090. The first-order valence-electron chi connectivity index (χ1n) is 20.9. The molecule has 0 radical (unpaired) electrons. The van der Waals surface area contributed by atoms with Crippen molar-refractivity contribution in [2.75, 3.05) is 19.6 Å². The van der Waals surface area contributed by atoms with Gasteiger partial charge in [0.1, 0.15) is 30.2 Å². The number of para-hydroxylation sites is 1. The minimum atomic E-state index is -1.29. The number of aliphatic imine (C=N–C) groups is 1. The van der Waals surface area contributed by atoms with E-state index in [9.17, 15) is 38.7 Å². The molecular formula is C42H58N12O8. The Kier molecular flexibility index (Phi) is 16.8. The van der Waals surface area contributed by atoms with Gasteiger partial charge in [-0.25, -0.2) is 0 Å². The predicted molar refractivity (Wildman–Crippen MR) is 229 cm³/mol. The maximum atomic E-state index is 14.4. The van der Waals surface area contributed by atoms with Crippen molar-refractivity contribution in [3.8, 4) is 0 Å². The Morgan fingerprint density at radius 3 is 2.19 bits per heavy atom. The number of amides is 7. The van der Waals surface area contributed by atoms with Crippen molar-refractivity contribution in [2.24, 2.45) is 27.9 Å². The van der Waals surface area contributed by atoms with Crippen LogP contribution in [-0.2, 0) is 46.4 Å². The summed E-state index contributed by atoms with van der Waals surface area (Å²) < 4.78 is 0. The molecule has 62 heavy (non-hydrogen) atoms. The molecule has 2 aromatic carbocycles. The number of nitrogens with one attached hydrogen (secondary N) is 6. The molecule has 334 valence electrons. The Morgan fingerprint density at radius 1 is 0.790 bits per heavy atom. The average Bonchev–Trinajstić information content (AvgIpc) is 3.85. The summed E-state index contributed by atoms with van der Waals surface area (Å²) in [5, 5.41) is 25.1. The smallest absolute Gasteiger partial charge is 0.243 e. The van der Waals surface area contributed by atoms with Crippen LogP contribution < -0.4 is 49.5 Å². The number of aliphatic hydroxyl groups is 1. The number of rotatable bonds is 9. The van der Waals surface area contributed by atoms with Crippen molar-refractivity contribution in [1.82, 2.24) is 36.5 Å². The molecule has 0 bridgehead atoms. The molecule has 5 rings (SSSR count). The summed E-state index contributed by atoms with van der Waals surface area (Å²) in [7, 11) is 0. The van der Waals surface area contributed by atoms with Crippen molar-refractivity contribution in [1.29, 1.82) is 0 Å². The van der Waals surface area contributed by atoms with Crippen molar-refractivity contribution in [3.05, 3.63) is 71.9 Å². The van der Waals surface area contributed by atoms with Crippen LogP contribution in [0.15, 0.2) is 65.8 Å². The number of primary amides is 1. The Labute approximate surface area is 358 Å². The van der Waals surface area contributed by atoms with E-state index < -0.39 is 77.8 Å². The van der Waals surface area contributed by atoms with Crippen LogP contribution in [0.1, 0.15) is 62.5 Å². The van der Waals surface area contributed by atoms with Gasteiger partial charge in [-0.15, -0.1) is 0 Å². The third-order valence-corrected chi connectivity index (χ3v) is 11.0. The van der Waals surface area contributed by atoms with Gasteiger partial charge in [-0.05, 0) is 55.7 Å². The number of nitrogens with zero attached hydrogens (tertiary/aromatic N) is 2. The molecule has 2 saturated heterocycles. The van der Waals surface area contributed by atoms with Gasteiger partial charge in [-0.1, -0.05) is 48.5 Å². The lowest BCUT2D eigenvalue weighted by molar-refractivity contribution is -0.140. The second kappa shape index (κ2) is 22.3. The SMILES string of the molecule is NC(=O)C1CCCCNC(=O)CCC(N)C(=O)N2C[C@H](O)C[C@H]2C(=O)N[C@H](Cc2ccccc2)C(=O)NC(CCCN=C(N)N)C(=O)NC(Cc2c[nH]c3ccccc23)C(=O)N1. The second-order valence-electron chi connectivity index (χ2n) is 15.7. The van der Waals surface area contributed by atoms with Gasteiger partial charge < -0.3 is 64.5 Å². The first-order valence-corrected chi connectivity index (χ1v) is 20.9. The Hall–Kier alpha value is -6.54. The van der Waals surface area contributed by atoms with Crippen LogP contribution in [0.25, 0.3) is 10.9 Å². The summed E-state index contributed by atoms with van der Waals surface area (Å²) in [5.41, 5.74) is 25.2. The molecule has 0 spiro atoms. The number of hydrogen-bond donors (Lipinski definition) is 11. The van der Waals surface area contributed by atoms with Gasteiger partial charge in [0.25, 0.3) is 0 Å². The molecule has 20 nitrogen and oxygen atoms in total. The van der Waals surface area contributed by atoms with Gasteiger partial charge in [0.05, 0.1) is 12.1 Å². The molecule has 2 aliphatic rings. The van der Waals surface area contributed by atoms with Gasteiger partial charge in [0.15, 0.2) is 5.96 Å². The van der Waals surface area contributed by atoms with E-state index in [0.717, 1.165) is 15.8 Å². The summed E-state index contributed by atoms with van der Waals surface area (Å²) in [6.45, 7) is 0.136. The van der Waals surface area contributed by atoms with Crippen LogP contribution in [0.5, 0.6) is 0 Å². The number of carbonyl (C=O) groups is 7. The standard InChI is InChI=1S/C42H58N12O8/c43-28-15-16-35(56)47-17-7-6-13-30(36(44)57)50-39(60)33(20-25-22-49-29-12-5-4-11-27(25)29)52-37(58)31(14-8-18-48-42(45)46)51-38(59)32(19-24-9-2-1-3-10-24)53-40(61)34-21-26(55)23-54(34)41(28)62/h1-5,9-12,22,26,28,30-34,49,55H,6-8,13-21,23,43H2,(H2,44,57)(H,47,56)(H,50,60)(H,51,59)(H,52,58)(H,53,61)(H4,45,46,48)/t26-,28?,30?,31?,32-,33?,34+/m1/s1. The van der Waals surface area contributed by atoms with E-state index in [1.807, 2.05) is 24.3 Å². The van der Waals surface area contributed by atoms with Gasteiger partial charge >= 0.3 is 0 Å². The third-order valence-electron chi connectivity index (χ3n) is 11.0. The average molecular weight is 859 g/mol. The number of aliphatic hydroxyl groups excluding tert-OH is 1. The van der Waals surface area contributed by atoms with Crippen molar-refractivity contribution >= 4 is 58.2 Å². The number of nitrogens with two attached hydrogens (primary N) is 4. The molecule has 0 aliphatic carbocycles. The third kappa shape index (κ3) is 13.2. The van der Waals surface area contributed by atoms with Gasteiger partial charge in [0.2, 0.25) is 41.4 Å². The van der Waals surface area contributed by atoms with Crippen LogP contribution in [0.2, 0.25) is 0 Å². The van der Waals surface area contributed by atoms with Crippen LogP contribution in [-0.4, -0.2) is 124 Å². The fraction of sp³-hybridized carbons (Fsp3) is 0.476. The number of guanidine groups is 1. The zero-order valence-corrected chi connectivity index (χ0v) is 34.5. The van der Waals surface area contributed by atoms with E-state index in [4.69, 9.17) is 22.9 Å². The molecule has 7 amide bonds. The molecule has 2 aliphatic heterocycles. The fourth-order valence-electron chi connectivity index (χ4n) is 7.65. The summed E-state index contributed by atoms with van der Waals surface area (Å²) in [6.07, 6.45) is 1.46. The molecule has 3 aromatic rings. The van der Waals surface area contributed by atoms with Crippen molar-refractivity contribution < 1.29 is 38.7 Å². The zero-order valence-electron chi connectivity index (χ0n) is 34.5. The normalized spacial score (nSPS) is 25.3. The van der Waals surface area contributed by atoms with Gasteiger partial charge in [-0.3, -0.25) is 38.6 Å². The lowest BCUT2D eigenvalue weighted by Crippen LogP contribution is -2.60. The van der Waals surface area contributed by atoms with E-state index in [0.29, 0.717) is 24.0 Å². The summed E-state index contributed by atoms with van der Waals surface area (Å²) in [5.74, 6) is -4.95. The molecule has 15 N–H and O–H groups in total. The highest BCUT2D eigenvalue weighted by Crippen LogP contribution is 2.22. The summed E-state index contributed by atoms with van der Waals surface area (Å²) in [6, 6.07) is 8.84. The predicted octanol–water partition coefficient (Wildman–Crippen LogP) is -2.20. The second-order valence-corrected chi connectivity index (χ2v) is 15.7. The van der Waals surface area contributed by atoms with E-state index in [1.54, 1.807) is 36.5 Å². The number of fused-ring (bicyclic) bond motifs is 2. The van der Waals surface area contributed by atoms with Crippen molar-refractivity contribution in [3.63, 3.8) is 0 Å². The molecule has 4 unspecified atom stereocenters. The van der Waals surface area contributed by atoms with E-state index >= 15 is 0 Å². The number of benzene rings is 2. The quantitative estimate of drug-likeness (QED) is 0.0623. The maximum Gasteiger partial charge on any atom is 0.243 e. The van der Waals surface area contributed by atoms with Crippen LogP contribution in [0, 0.1) is 0 Å². The maximum absolute atomic E-state index is 14.4. The summed E-state index contributed by atoms with van der Waals surface area (Å²) in [4.78, 5) is 104. The molecular weight excluding hydrogens is 801 g/mol. The first kappa shape index (κ1) is 46.5. The Balaban J connectivity index is 1.49. The molecule has 20 heteroatoms. The number of carbonyl (C=O) groups excluding carboxylic acids is 7. The van der Waals surface area contributed by atoms with Crippen LogP contribution in [0.3, 0.4) is 0 Å². The topological polar surface area (TPSA) is 335 Å². The first-order chi connectivity index (χ1) is 29.7. The van der Waals surface area contributed by atoms with E-state index in [-0.39, 0.29) is 82.9 Å². The van der Waals surface area contributed by atoms with Gasteiger partial charge in [-0.2, -0.15) is 0 Å². The summed E-state index contributed by atoms with van der Waals surface area (Å²) >= 11 is 0. The lowest BCUT2D eigenvalue weighted by atomic mass is 10.0. The number of aromatic amines is 1. The highest BCUT2D eigenvalue weighted by atomic mass is 16.3. The minimum absolute atomic E-state index is 0.00276. The Morgan fingerprint density at radius 2 is 1.45 bits per heavy atom. The number of aromatic nitrogens is 1. The lowest BCUT2D eigenvalue weighted by Gasteiger charge is -2.29. The molecule has 0 saturated carbocycles. The van der Waals surface area contributed by atoms with E-state index in [1.165, 1.54) is 0 Å². The largest absolute Gasteiger partial charge is 0.391 e. The van der Waals surface area contributed by atoms with Crippen molar-refractivity contribution in [2.45, 2.75) is 107 Å². The highest BCUT2D eigenvalue weighted by Gasteiger charge is 2.42. The monoisotopic (exact) mass is 858 g/mol. The molecule has 7 atom stereocenters. The highest BCUT2D eigenvalue weighted by molar-refractivity contribution is 5.97. The molecule has 2 fully saturated rings. The van der Waals surface area contributed by atoms with Crippen LogP contribution in [0.4, 0.5) is 0 Å². The fourth-order valence-corrected chi connectivity index (χ4v) is 7.65. The molecule has 3 heterocycles. The number of hydrogen-bond acceptors (Lipinski definition) is 10. The number of H-pyrrole nitrogens is 1. The van der Waals surface area contributed by atoms with Crippen LogP contribution >= 0.6 is 0 Å².